The Balaban J connectivity index is 1.47. The molecule has 1 fully saturated rings. The molecule has 1 N–H and O–H groups in total. The molecule has 0 saturated carbocycles. The minimum absolute atomic E-state index is 0.0877. The highest BCUT2D eigenvalue weighted by Gasteiger charge is 2.13. The van der Waals surface area contributed by atoms with E-state index in [-0.39, 0.29) is 6.03 Å². The lowest BCUT2D eigenvalue weighted by Crippen LogP contribution is -2.36. The molecule has 0 radical (unpaired) electrons. The van der Waals surface area contributed by atoms with Crippen LogP contribution in [0.4, 0.5) is 16.3 Å². The van der Waals surface area contributed by atoms with Crippen LogP contribution in [0.2, 0.25) is 0 Å². The predicted octanol–water partition coefficient (Wildman–Crippen LogP) is 3.09. The van der Waals surface area contributed by atoms with Crippen molar-refractivity contribution in [2.45, 2.75) is 25.9 Å². The normalized spacial score (nSPS) is 13.5. The highest BCUT2D eigenvalue weighted by Crippen LogP contribution is 2.17. The summed E-state index contributed by atoms with van der Waals surface area (Å²) in [5.41, 5.74) is 3.26. The number of urea groups is 1. The van der Waals surface area contributed by atoms with Crippen molar-refractivity contribution in [1.29, 1.82) is 0 Å². The van der Waals surface area contributed by atoms with Crippen molar-refractivity contribution < 1.29 is 4.79 Å². The fraction of sp³-hybridized carbons (Fsp3) is 0.429. The molecule has 3 rings (SSSR count). The Morgan fingerprint density at radius 1 is 1.04 bits per heavy atom. The smallest absolute Gasteiger partial charge is 0.317 e. The summed E-state index contributed by atoms with van der Waals surface area (Å²) < 4.78 is 0. The number of pyridine rings is 1. The van der Waals surface area contributed by atoms with Crippen LogP contribution >= 0.6 is 0 Å². The Morgan fingerprint density at radius 3 is 2.30 bits per heavy atom. The minimum Gasteiger partial charge on any atom is -0.378 e. The maximum Gasteiger partial charge on any atom is 0.317 e. The maximum absolute atomic E-state index is 12.3. The molecule has 27 heavy (non-hydrogen) atoms. The van der Waals surface area contributed by atoms with E-state index in [4.69, 9.17) is 0 Å². The molecule has 6 nitrogen and oxygen atoms in total. The molecule has 2 heterocycles. The zero-order valence-electron chi connectivity index (χ0n) is 16.5. The molecule has 6 heteroatoms. The van der Waals surface area contributed by atoms with E-state index in [1.165, 1.54) is 12.8 Å². The summed E-state index contributed by atoms with van der Waals surface area (Å²) in [7, 11) is 5.84. The molecule has 0 aliphatic carbocycles. The van der Waals surface area contributed by atoms with Gasteiger partial charge in [-0.05, 0) is 42.2 Å². The molecule has 1 saturated heterocycles. The lowest BCUT2D eigenvalue weighted by atomic mass is 10.2. The summed E-state index contributed by atoms with van der Waals surface area (Å²) in [6, 6.07) is 12.2. The first-order chi connectivity index (χ1) is 13.0. The second kappa shape index (κ2) is 8.75. The Bertz CT molecular complexity index is 736. The van der Waals surface area contributed by atoms with E-state index in [1.807, 2.05) is 39.5 Å². The van der Waals surface area contributed by atoms with Crippen molar-refractivity contribution in [3.63, 3.8) is 0 Å². The van der Waals surface area contributed by atoms with Crippen molar-refractivity contribution in [3.8, 4) is 0 Å². The molecule has 0 atom stereocenters. The SMILES string of the molecule is CN(Cc1ccc(N(C)C)cc1)C(=O)NCc1ccc(N2CCCC2)nc1. The Labute approximate surface area is 161 Å². The highest BCUT2D eigenvalue weighted by atomic mass is 16.2. The van der Waals surface area contributed by atoms with E-state index >= 15 is 0 Å². The van der Waals surface area contributed by atoms with Gasteiger partial charge in [0.2, 0.25) is 0 Å². The van der Waals surface area contributed by atoms with Crippen molar-refractivity contribution in [2.75, 3.05) is 44.0 Å². The van der Waals surface area contributed by atoms with Gasteiger partial charge in [-0.1, -0.05) is 18.2 Å². The number of benzene rings is 1. The number of rotatable bonds is 6. The minimum atomic E-state index is -0.0877. The van der Waals surface area contributed by atoms with E-state index in [2.05, 4.69) is 44.4 Å². The van der Waals surface area contributed by atoms with Crippen molar-refractivity contribution >= 4 is 17.5 Å². The Hall–Kier alpha value is -2.76. The molecule has 1 aromatic carbocycles. The van der Waals surface area contributed by atoms with E-state index in [0.29, 0.717) is 13.1 Å². The van der Waals surface area contributed by atoms with Crippen LogP contribution in [0.5, 0.6) is 0 Å². The Kier molecular flexibility index (Phi) is 6.16. The first kappa shape index (κ1) is 19.0. The number of carbonyl (C=O) groups is 1. The Morgan fingerprint density at radius 2 is 1.70 bits per heavy atom. The number of aromatic nitrogens is 1. The standard InChI is InChI=1S/C21H29N5O/c1-24(2)19-9-6-17(7-10-19)16-25(3)21(27)23-15-18-8-11-20(22-14-18)26-12-4-5-13-26/h6-11,14H,4-5,12-13,15-16H2,1-3H3,(H,23,27). The molecule has 1 aromatic heterocycles. The molecule has 0 unspecified atom stereocenters. The number of nitrogens with zero attached hydrogens (tertiary/aromatic N) is 4. The average Bonchev–Trinajstić information content (AvgIpc) is 3.21. The fourth-order valence-corrected chi connectivity index (χ4v) is 3.21. The number of anilines is 2. The summed E-state index contributed by atoms with van der Waals surface area (Å²) in [5, 5.41) is 2.96. The maximum atomic E-state index is 12.3. The summed E-state index contributed by atoms with van der Waals surface area (Å²) in [4.78, 5) is 22.9. The van der Waals surface area contributed by atoms with Crippen molar-refractivity contribution in [3.05, 3.63) is 53.7 Å². The van der Waals surface area contributed by atoms with E-state index in [0.717, 1.165) is 35.7 Å². The van der Waals surface area contributed by atoms with Gasteiger partial charge in [-0.15, -0.1) is 0 Å². The summed E-state index contributed by atoms with van der Waals surface area (Å²) in [5.74, 6) is 1.03. The van der Waals surface area contributed by atoms with Crippen LogP contribution in [-0.2, 0) is 13.1 Å². The van der Waals surface area contributed by atoms with Gasteiger partial charge in [0, 0.05) is 59.2 Å². The second-order valence-corrected chi connectivity index (χ2v) is 7.29. The van der Waals surface area contributed by atoms with Gasteiger partial charge in [-0.2, -0.15) is 0 Å². The number of amides is 2. The predicted molar refractivity (Wildman–Crippen MR) is 110 cm³/mol. The second-order valence-electron chi connectivity index (χ2n) is 7.29. The first-order valence-corrected chi connectivity index (χ1v) is 9.48. The van der Waals surface area contributed by atoms with Gasteiger partial charge >= 0.3 is 6.03 Å². The highest BCUT2D eigenvalue weighted by molar-refractivity contribution is 5.73. The molecule has 0 spiro atoms. The van der Waals surface area contributed by atoms with Crippen LogP contribution in [0.1, 0.15) is 24.0 Å². The zero-order valence-corrected chi connectivity index (χ0v) is 16.5. The average molecular weight is 367 g/mol. The number of hydrogen-bond donors (Lipinski definition) is 1. The molecule has 1 aliphatic heterocycles. The van der Waals surface area contributed by atoms with Crippen molar-refractivity contribution in [1.82, 2.24) is 15.2 Å². The number of hydrogen-bond acceptors (Lipinski definition) is 4. The van der Waals surface area contributed by atoms with E-state index < -0.39 is 0 Å². The van der Waals surface area contributed by atoms with Gasteiger partial charge in [-0.3, -0.25) is 0 Å². The summed E-state index contributed by atoms with van der Waals surface area (Å²) in [6.07, 6.45) is 4.33. The molecule has 2 aromatic rings. The third kappa shape index (κ3) is 5.12. The molecular weight excluding hydrogens is 338 g/mol. The lowest BCUT2D eigenvalue weighted by molar-refractivity contribution is 0.206. The monoisotopic (exact) mass is 367 g/mol. The molecular formula is C21H29N5O. The summed E-state index contributed by atoms with van der Waals surface area (Å²) >= 11 is 0. The number of carbonyl (C=O) groups excluding carboxylic acids is 1. The van der Waals surface area contributed by atoms with E-state index in [9.17, 15) is 4.79 Å². The molecule has 144 valence electrons. The van der Waals surface area contributed by atoms with Gasteiger partial charge in [0.05, 0.1) is 0 Å². The van der Waals surface area contributed by atoms with Crippen LogP contribution < -0.4 is 15.1 Å². The van der Waals surface area contributed by atoms with Gasteiger partial charge < -0.3 is 20.0 Å². The third-order valence-corrected chi connectivity index (χ3v) is 4.90. The van der Waals surface area contributed by atoms with Gasteiger partial charge in [0.25, 0.3) is 0 Å². The molecule has 2 amide bonds. The quantitative estimate of drug-likeness (QED) is 0.852. The van der Waals surface area contributed by atoms with Crippen LogP contribution in [0, 0.1) is 0 Å². The lowest BCUT2D eigenvalue weighted by Gasteiger charge is -2.19. The topological polar surface area (TPSA) is 51.7 Å². The third-order valence-electron chi connectivity index (χ3n) is 4.90. The van der Waals surface area contributed by atoms with Gasteiger partial charge in [0.1, 0.15) is 5.82 Å². The van der Waals surface area contributed by atoms with Gasteiger partial charge in [-0.25, -0.2) is 9.78 Å². The molecule has 0 bridgehead atoms. The summed E-state index contributed by atoms with van der Waals surface area (Å²) in [6.45, 7) is 3.23. The van der Waals surface area contributed by atoms with Crippen molar-refractivity contribution in [2.24, 2.45) is 0 Å². The van der Waals surface area contributed by atoms with Gasteiger partial charge in [0.15, 0.2) is 0 Å². The van der Waals surface area contributed by atoms with E-state index in [1.54, 1.807) is 4.90 Å². The van der Waals surface area contributed by atoms with Crippen LogP contribution in [0.15, 0.2) is 42.6 Å². The fourth-order valence-electron chi connectivity index (χ4n) is 3.21. The first-order valence-electron chi connectivity index (χ1n) is 9.48. The largest absolute Gasteiger partial charge is 0.378 e. The zero-order chi connectivity index (χ0) is 19.2. The van der Waals surface area contributed by atoms with Crippen LogP contribution in [-0.4, -0.2) is 50.1 Å². The van der Waals surface area contributed by atoms with Crippen LogP contribution in [0.25, 0.3) is 0 Å². The number of nitrogens with one attached hydrogen (secondary N) is 1. The van der Waals surface area contributed by atoms with Crippen LogP contribution in [0.3, 0.4) is 0 Å². The molecule has 1 aliphatic rings.